The van der Waals surface area contributed by atoms with Crippen molar-refractivity contribution in [3.63, 3.8) is 0 Å². The zero-order valence-corrected chi connectivity index (χ0v) is 13.1. The van der Waals surface area contributed by atoms with E-state index in [-0.39, 0.29) is 18.6 Å². The number of carbonyl (C=O) groups excluding carboxylic acids is 1. The van der Waals surface area contributed by atoms with Crippen LogP contribution in [0.5, 0.6) is 0 Å². The average molecular weight is 315 g/mol. The topological polar surface area (TPSA) is 92.9 Å². The number of pyridine rings is 1. The van der Waals surface area contributed by atoms with Gasteiger partial charge in [0.05, 0.1) is 0 Å². The first kappa shape index (κ1) is 15.6. The highest BCUT2D eigenvalue weighted by Gasteiger charge is 2.34. The monoisotopic (exact) mass is 315 g/mol. The third kappa shape index (κ3) is 3.56. The van der Waals surface area contributed by atoms with Crippen LogP contribution in [0.4, 0.5) is 0 Å². The Morgan fingerprint density at radius 3 is 2.87 bits per heavy atom. The van der Waals surface area contributed by atoms with Crippen LogP contribution < -0.4 is 5.32 Å². The number of carbonyl (C=O) groups is 1. The highest BCUT2D eigenvalue weighted by molar-refractivity contribution is 5.76. The minimum absolute atomic E-state index is 0.0631. The van der Waals surface area contributed by atoms with Gasteiger partial charge in [0.15, 0.2) is 5.82 Å². The van der Waals surface area contributed by atoms with Crippen molar-refractivity contribution in [2.75, 3.05) is 0 Å². The first-order chi connectivity index (χ1) is 11.2. The van der Waals surface area contributed by atoms with Crippen molar-refractivity contribution in [1.82, 2.24) is 25.1 Å². The summed E-state index contributed by atoms with van der Waals surface area (Å²) >= 11 is 0. The van der Waals surface area contributed by atoms with E-state index in [0.717, 1.165) is 24.4 Å². The van der Waals surface area contributed by atoms with Gasteiger partial charge < -0.3 is 15.0 Å². The summed E-state index contributed by atoms with van der Waals surface area (Å²) in [7, 11) is 1.86. The normalized spacial score (nSPS) is 20.1. The average Bonchev–Trinajstić information content (AvgIpc) is 2.90. The summed E-state index contributed by atoms with van der Waals surface area (Å²) in [6, 6.07) is 5.93. The van der Waals surface area contributed by atoms with Gasteiger partial charge in [0.25, 0.3) is 0 Å². The Balaban J connectivity index is 1.43. The molecule has 0 unspecified atom stereocenters. The summed E-state index contributed by atoms with van der Waals surface area (Å²) in [6.45, 7) is -0.107. The second-order valence-electron chi connectivity index (χ2n) is 5.95. The lowest BCUT2D eigenvalue weighted by molar-refractivity contribution is -0.122. The molecule has 1 saturated carbocycles. The zero-order chi connectivity index (χ0) is 16.2. The predicted molar refractivity (Wildman–Crippen MR) is 83.4 cm³/mol. The summed E-state index contributed by atoms with van der Waals surface area (Å²) in [5, 5.41) is 20.3. The molecule has 2 heterocycles. The number of aryl methyl sites for hydroxylation is 1. The molecule has 2 N–H and O–H groups in total. The maximum atomic E-state index is 12.0. The highest BCUT2D eigenvalue weighted by Crippen LogP contribution is 2.35. The Morgan fingerprint density at radius 1 is 1.39 bits per heavy atom. The molecule has 0 atom stereocenters. The van der Waals surface area contributed by atoms with Gasteiger partial charge >= 0.3 is 0 Å². The molecule has 0 aromatic carbocycles. The van der Waals surface area contributed by atoms with Gasteiger partial charge in [-0.2, -0.15) is 0 Å². The standard InChI is InChI=1S/C16H21N5O2/c1-21-14(10-22)19-20-16(21)11-8-13(9-11)18-15(23)6-5-12-4-2-3-7-17-12/h2-4,7,11,13,22H,5-6,8-10H2,1H3,(H,18,23). The van der Waals surface area contributed by atoms with E-state index in [0.29, 0.717) is 24.6 Å². The minimum atomic E-state index is -0.107. The number of aromatic nitrogens is 4. The maximum Gasteiger partial charge on any atom is 0.220 e. The van der Waals surface area contributed by atoms with Crippen molar-refractivity contribution in [3.8, 4) is 0 Å². The quantitative estimate of drug-likeness (QED) is 0.818. The second kappa shape index (κ2) is 6.87. The number of hydrogen-bond acceptors (Lipinski definition) is 5. The van der Waals surface area contributed by atoms with Crippen molar-refractivity contribution in [2.45, 2.75) is 44.2 Å². The molecule has 122 valence electrons. The van der Waals surface area contributed by atoms with Crippen LogP contribution >= 0.6 is 0 Å². The summed E-state index contributed by atoms with van der Waals surface area (Å²) in [6.07, 6.45) is 4.59. The molecule has 0 saturated heterocycles. The molecule has 2 aromatic heterocycles. The van der Waals surface area contributed by atoms with Gasteiger partial charge in [-0.3, -0.25) is 9.78 Å². The van der Waals surface area contributed by atoms with E-state index < -0.39 is 0 Å². The lowest BCUT2D eigenvalue weighted by Gasteiger charge is -2.35. The van der Waals surface area contributed by atoms with Gasteiger partial charge in [0, 0.05) is 37.3 Å². The van der Waals surface area contributed by atoms with Crippen LogP contribution in [0.2, 0.25) is 0 Å². The molecule has 0 bridgehead atoms. The smallest absolute Gasteiger partial charge is 0.220 e. The molecular formula is C16H21N5O2. The fraction of sp³-hybridized carbons (Fsp3) is 0.500. The lowest BCUT2D eigenvalue weighted by Crippen LogP contribution is -2.44. The van der Waals surface area contributed by atoms with E-state index in [1.54, 1.807) is 6.20 Å². The van der Waals surface area contributed by atoms with Gasteiger partial charge in [0.2, 0.25) is 5.91 Å². The molecule has 1 fully saturated rings. The molecule has 3 rings (SSSR count). The van der Waals surface area contributed by atoms with Crippen molar-refractivity contribution >= 4 is 5.91 Å². The van der Waals surface area contributed by atoms with Crippen LogP contribution in [0.15, 0.2) is 24.4 Å². The van der Waals surface area contributed by atoms with E-state index in [4.69, 9.17) is 5.11 Å². The number of nitrogens with zero attached hydrogens (tertiary/aromatic N) is 4. The zero-order valence-electron chi connectivity index (χ0n) is 13.1. The number of amides is 1. The van der Waals surface area contributed by atoms with Crippen molar-refractivity contribution in [2.24, 2.45) is 7.05 Å². The number of nitrogens with one attached hydrogen (secondary N) is 1. The van der Waals surface area contributed by atoms with Gasteiger partial charge in [-0.25, -0.2) is 0 Å². The van der Waals surface area contributed by atoms with Crippen molar-refractivity contribution in [1.29, 1.82) is 0 Å². The predicted octanol–water partition coefficient (Wildman–Crippen LogP) is 0.697. The van der Waals surface area contributed by atoms with E-state index >= 15 is 0 Å². The third-order valence-corrected chi connectivity index (χ3v) is 4.34. The molecule has 1 aliphatic carbocycles. The number of aliphatic hydroxyl groups excluding tert-OH is 1. The van der Waals surface area contributed by atoms with E-state index in [9.17, 15) is 4.79 Å². The summed E-state index contributed by atoms with van der Waals surface area (Å²) < 4.78 is 1.84. The van der Waals surface area contributed by atoms with Crippen LogP contribution in [0.25, 0.3) is 0 Å². The van der Waals surface area contributed by atoms with E-state index in [1.807, 2.05) is 29.8 Å². The fourth-order valence-corrected chi connectivity index (χ4v) is 2.90. The fourth-order valence-electron chi connectivity index (χ4n) is 2.90. The molecular weight excluding hydrogens is 294 g/mol. The largest absolute Gasteiger partial charge is 0.388 e. The molecule has 23 heavy (non-hydrogen) atoms. The Hall–Kier alpha value is -2.28. The minimum Gasteiger partial charge on any atom is -0.388 e. The van der Waals surface area contributed by atoms with Crippen LogP contribution in [0.3, 0.4) is 0 Å². The number of hydrogen-bond donors (Lipinski definition) is 2. The Kier molecular flexibility index (Phi) is 4.66. The van der Waals surface area contributed by atoms with Crippen molar-refractivity contribution < 1.29 is 9.90 Å². The molecule has 0 aliphatic heterocycles. The van der Waals surface area contributed by atoms with Gasteiger partial charge in [-0.15, -0.1) is 10.2 Å². The Bertz CT molecular complexity index is 664. The summed E-state index contributed by atoms with van der Waals surface area (Å²) in [5.74, 6) is 1.82. The molecule has 1 amide bonds. The first-order valence-electron chi connectivity index (χ1n) is 7.85. The molecule has 0 radical (unpaired) electrons. The lowest BCUT2D eigenvalue weighted by atomic mass is 9.79. The SMILES string of the molecule is Cn1c(CO)nnc1C1CC(NC(=O)CCc2ccccn2)C1. The Labute approximate surface area is 134 Å². The number of rotatable bonds is 6. The van der Waals surface area contributed by atoms with Crippen molar-refractivity contribution in [3.05, 3.63) is 41.7 Å². The third-order valence-electron chi connectivity index (χ3n) is 4.34. The summed E-state index contributed by atoms with van der Waals surface area (Å²) in [4.78, 5) is 16.2. The molecule has 7 nitrogen and oxygen atoms in total. The molecule has 0 spiro atoms. The highest BCUT2D eigenvalue weighted by atomic mass is 16.3. The first-order valence-corrected chi connectivity index (χ1v) is 7.85. The second-order valence-corrected chi connectivity index (χ2v) is 5.95. The van der Waals surface area contributed by atoms with Crippen LogP contribution in [-0.2, 0) is 24.9 Å². The maximum absolute atomic E-state index is 12.0. The summed E-state index contributed by atoms with van der Waals surface area (Å²) in [5.41, 5.74) is 0.935. The van der Waals surface area contributed by atoms with Gasteiger partial charge in [0.1, 0.15) is 12.4 Å². The van der Waals surface area contributed by atoms with Gasteiger partial charge in [-0.1, -0.05) is 6.07 Å². The molecule has 7 heteroatoms. The van der Waals surface area contributed by atoms with Crippen LogP contribution in [-0.4, -0.2) is 36.8 Å². The molecule has 2 aromatic rings. The number of aliphatic hydroxyl groups is 1. The Morgan fingerprint density at radius 2 is 2.22 bits per heavy atom. The van der Waals surface area contributed by atoms with Crippen LogP contribution in [0, 0.1) is 0 Å². The van der Waals surface area contributed by atoms with E-state index in [2.05, 4.69) is 20.5 Å². The van der Waals surface area contributed by atoms with Crippen LogP contribution in [0.1, 0.15) is 42.5 Å². The van der Waals surface area contributed by atoms with Gasteiger partial charge in [-0.05, 0) is 31.4 Å². The molecule has 1 aliphatic rings. The van der Waals surface area contributed by atoms with E-state index in [1.165, 1.54) is 0 Å².